The van der Waals surface area contributed by atoms with E-state index in [1.54, 1.807) is 7.11 Å². The number of ether oxygens (including phenoxy) is 1. The summed E-state index contributed by atoms with van der Waals surface area (Å²) in [6.45, 7) is 6.96. The maximum atomic E-state index is 12.8. The molecule has 7 heteroatoms. The van der Waals surface area contributed by atoms with Crippen LogP contribution in [0.15, 0.2) is 12.1 Å². The van der Waals surface area contributed by atoms with Crippen LogP contribution in [0.4, 0.5) is 5.69 Å². The first-order valence-corrected chi connectivity index (χ1v) is 9.33. The van der Waals surface area contributed by atoms with Gasteiger partial charge in [0, 0.05) is 42.9 Å². The minimum absolute atomic E-state index is 0.0798. The van der Waals surface area contributed by atoms with Crippen LogP contribution < -0.4 is 15.4 Å². The summed E-state index contributed by atoms with van der Waals surface area (Å²) < 4.78 is 6.41. The molecular weight excluding hydrogens is 419 g/mol. The van der Waals surface area contributed by atoms with Gasteiger partial charge in [0.05, 0.1) is 24.4 Å². The monoisotopic (exact) mass is 446 g/mol. The summed E-state index contributed by atoms with van der Waals surface area (Å²) in [7, 11) is 5.55. The van der Waals surface area contributed by atoms with Crippen molar-refractivity contribution in [2.24, 2.45) is 0 Å². The van der Waals surface area contributed by atoms with Crippen molar-refractivity contribution in [3.63, 3.8) is 0 Å². The van der Waals surface area contributed by atoms with Crippen LogP contribution in [0.3, 0.4) is 0 Å². The molecule has 1 amide bonds. The first-order chi connectivity index (χ1) is 11.5. The number of methoxy groups -OCH3 is 1. The zero-order valence-electron chi connectivity index (χ0n) is 14.9. The van der Waals surface area contributed by atoms with Crippen molar-refractivity contribution >= 4 is 34.2 Å². The molecule has 0 spiro atoms. The number of benzene rings is 1. The Morgan fingerprint density at radius 1 is 1.38 bits per heavy atom. The van der Waals surface area contributed by atoms with E-state index >= 15 is 0 Å². The molecule has 2 rings (SSSR count). The molecule has 0 aromatic heterocycles. The van der Waals surface area contributed by atoms with Crippen LogP contribution in [0.2, 0.25) is 0 Å². The Hall–Kier alpha value is -1.06. The summed E-state index contributed by atoms with van der Waals surface area (Å²) in [5, 5.41) is 6.30. The van der Waals surface area contributed by atoms with Crippen molar-refractivity contribution in [1.82, 2.24) is 15.1 Å². The van der Waals surface area contributed by atoms with Gasteiger partial charge in [-0.1, -0.05) is 6.92 Å². The lowest BCUT2D eigenvalue weighted by Crippen LogP contribution is -2.46. The highest BCUT2D eigenvalue weighted by Crippen LogP contribution is 2.28. The summed E-state index contributed by atoms with van der Waals surface area (Å²) >= 11 is 2.23. The molecule has 1 fully saturated rings. The largest absolute Gasteiger partial charge is 0.496 e. The van der Waals surface area contributed by atoms with Gasteiger partial charge in [-0.15, -0.1) is 0 Å². The van der Waals surface area contributed by atoms with Crippen molar-refractivity contribution in [3.05, 3.63) is 21.3 Å². The molecule has 0 radical (unpaired) electrons. The van der Waals surface area contributed by atoms with Crippen LogP contribution in [0, 0.1) is 3.57 Å². The molecule has 0 saturated carbocycles. The second kappa shape index (κ2) is 8.87. The van der Waals surface area contributed by atoms with Gasteiger partial charge < -0.3 is 25.2 Å². The third kappa shape index (κ3) is 4.73. The fourth-order valence-electron chi connectivity index (χ4n) is 2.97. The Kier molecular flexibility index (Phi) is 7.12. The molecule has 6 nitrogen and oxygen atoms in total. The maximum absolute atomic E-state index is 12.8. The predicted octanol–water partition coefficient (Wildman–Crippen LogP) is 1.71. The zero-order valence-corrected chi connectivity index (χ0v) is 17.0. The average molecular weight is 446 g/mol. The van der Waals surface area contributed by atoms with Gasteiger partial charge in [-0.05, 0) is 42.2 Å². The standard InChI is InChI=1S/C17H27IN4O2/c1-5-22-7-6-21(3)10-12(11-22)20-17(23)13-8-14(18)15(19-2)9-16(13)24-4/h8-9,12,19H,5-7,10-11H2,1-4H3,(H,20,23). The zero-order chi connectivity index (χ0) is 17.7. The molecule has 1 atom stereocenters. The molecule has 1 heterocycles. The van der Waals surface area contributed by atoms with Crippen LogP contribution in [0.5, 0.6) is 5.75 Å². The Balaban J connectivity index is 2.17. The minimum atomic E-state index is -0.0798. The summed E-state index contributed by atoms with van der Waals surface area (Å²) in [6, 6.07) is 3.85. The lowest BCUT2D eigenvalue weighted by Gasteiger charge is -2.24. The van der Waals surface area contributed by atoms with E-state index in [1.165, 1.54) is 0 Å². The first kappa shape index (κ1) is 19.3. The molecule has 1 aliphatic rings. The SMILES string of the molecule is CCN1CCN(C)CC(NC(=O)c2cc(I)c(NC)cc2OC)C1. The number of amides is 1. The van der Waals surface area contributed by atoms with E-state index in [2.05, 4.69) is 57.0 Å². The Morgan fingerprint density at radius 3 is 2.75 bits per heavy atom. The summed E-state index contributed by atoms with van der Waals surface area (Å²) in [4.78, 5) is 17.5. The van der Waals surface area contributed by atoms with Gasteiger partial charge in [0.1, 0.15) is 5.75 Å². The van der Waals surface area contributed by atoms with Crippen molar-refractivity contribution in [1.29, 1.82) is 0 Å². The smallest absolute Gasteiger partial charge is 0.255 e. The molecule has 2 N–H and O–H groups in total. The fourth-order valence-corrected chi connectivity index (χ4v) is 3.71. The number of nitrogens with one attached hydrogen (secondary N) is 2. The third-order valence-corrected chi connectivity index (χ3v) is 5.29. The summed E-state index contributed by atoms with van der Waals surface area (Å²) in [5.41, 5.74) is 1.53. The van der Waals surface area contributed by atoms with Crippen molar-refractivity contribution in [2.45, 2.75) is 13.0 Å². The summed E-state index contributed by atoms with van der Waals surface area (Å²) in [6.07, 6.45) is 0. The Bertz CT molecular complexity index is 582. The van der Waals surface area contributed by atoms with Crippen LogP contribution in [0.1, 0.15) is 17.3 Å². The second-order valence-electron chi connectivity index (χ2n) is 6.11. The second-order valence-corrected chi connectivity index (χ2v) is 7.27. The number of hydrogen-bond acceptors (Lipinski definition) is 5. The molecule has 1 aromatic carbocycles. The van der Waals surface area contributed by atoms with Gasteiger partial charge in [-0.3, -0.25) is 4.79 Å². The van der Waals surface area contributed by atoms with Gasteiger partial charge in [-0.25, -0.2) is 0 Å². The van der Waals surface area contributed by atoms with Gasteiger partial charge in [0.2, 0.25) is 0 Å². The average Bonchev–Trinajstić information content (AvgIpc) is 2.75. The molecule has 0 bridgehead atoms. The number of halogens is 1. The van der Waals surface area contributed by atoms with E-state index in [0.29, 0.717) is 11.3 Å². The number of anilines is 1. The molecular formula is C17H27IN4O2. The lowest BCUT2D eigenvalue weighted by molar-refractivity contribution is 0.0922. The number of likely N-dealkylation sites (N-methyl/N-ethyl adjacent to an activating group) is 2. The van der Waals surface area contributed by atoms with E-state index in [1.807, 2.05) is 19.2 Å². The Morgan fingerprint density at radius 2 is 2.12 bits per heavy atom. The predicted molar refractivity (Wildman–Crippen MR) is 106 cm³/mol. The number of hydrogen-bond donors (Lipinski definition) is 2. The quantitative estimate of drug-likeness (QED) is 0.675. The first-order valence-electron chi connectivity index (χ1n) is 8.25. The minimum Gasteiger partial charge on any atom is -0.496 e. The highest BCUT2D eigenvalue weighted by Gasteiger charge is 2.23. The Labute approximate surface area is 158 Å². The summed E-state index contributed by atoms with van der Waals surface area (Å²) in [5.74, 6) is 0.510. The van der Waals surface area contributed by atoms with Crippen LogP contribution in [-0.4, -0.2) is 75.7 Å². The van der Waals surface area contributed by atoms with E-state index < -0.39 is 0 Å². The third-order valence-electron chi connectivity index (χ3n) is 4.39. The van der Waals surface area contributed by atoms with Crippen molar-refractivity contribution in [3.8, 4) is 5.75 Å². The van der Waals surface area contributed by atoms with Gasteiger partial charge in [-0.2, -0.15) is 0 Å². The molecule has 1 saturated heterocycles. The maximum Gasteiger partial charge on any atom is 0.255 e. The highest BCUT2D eigenvalue weighted by atomic mass is 127. The number of rotatable bonds is 5. The fraction of sp³-hybridized carbons (Fsp3) is 0.588. The normalized spacial score (nSPS) is 19.6. The van der Waals surface area contributed by atoms with Gasteiger partial charge in [0.25, 0.3) is 5.91 Å². The van der Waals surface area contributed by atoms with Gasteiger partial charge >= 0.3 is 0 Å². The molecule has 1 unspecified atom stereocenters. The van der Waals surface area contributed by atoms with Crippen molar-refractivity contribution < 1.29 is 9.53 Å². The lowest BCUT2D eigenvalue weighted by atomic mass is 10.1. The van der Waals surface area contributed by atoms with Crippen LogP contribution in [-0.2, 0) is 0 Å². The topological polar surface area (TPSA) is 56.8 Å². The molecule has 1 aromatic rings. The van der Waals surface area contributed by atoms with Crippen molar-refractivity contribution in [2.75, 3.05) is 59.2 Å². The van der Waals surface area contributed by atoms with E-state index in [4.69, 9.17) is 4.74 Å². The molecule has 1 aliphatic heterocycles. The van der Waals surface area contributed by atoms with E-state index in [9.17, 15) is 4.79 Å². The highest BCUT2D eigenvalue weighted by molar-refractivity contribution is 14.1. The number of nitrogens with zero attached hydrogens (tertiary/aromatic N) is 2. The molecule has 24 heavy (non-hydrogen) atoms. The number of carbonyl (C=O) groups excluding carboxylic acids is 1. The van der Waals surface area contributed by atoms with Gasteiger partial charge in [0.15, 0.2) is 0 Å². The number of carbonyl (C=O) groups is 1. The van der Waals surface area contributed by atoms with E-state index in [0.717, 1.165) is 42.0 Å². The van der Waals surface area contributed by atoms with Crippen LogP contribution in [0.25, 0.3) is 0 Å². The molecule has 134 valence electrons. The van der Waals surface area contributed by atoms with Crippen LogP contribution >= 0.6 is 22.6 Å². The molecule has 0 aliphatic carbocycles. The van der Waals surface area contributed by atoms with E-state index in [-0.39, 0.29) is 11.9 Å².